The largest absolute Gasteiger partial charge is 0.463 e. The Morgan fingerprint density at radius 3 is 1.48 bits per heavy atom. The standard InChI is InChI=1S/C16H19F6NO4/c1-4-7-8-9(13(24)26-5-2)11(15(17,18)19)23-12(16(20,21)22)10(8)14(25)27-6-3/h8,23H,4-7H2,1-3H3. The van der Waals surface area contributed by atoms with Crippen LogP contribution >= 0.6 is 0 Å². The first-order valence-corrected chi connectivity index (χ1v) is 8.13. The normalized spacial score (nSPS) is 16.3. The van der Waals surface area contributed by atoms with Crippen molar-refractivity contribution in [3.8, 4) is 0 Å². The van der Waals surface area contributed by atoms with Gasteiger partial charge in [0.15, 0.2) is 0 Å². The lowest BCUT2D eigenvalue weighted by Gasteiger charge is -2.33. The molecule has 1 heterocycles. The lowest BCUT2D eigenvalue weighted by molar-refractivity contribution is -0.144. The van der Waals surface area contributed by atoms with Crippen molar-refractivity contribution < 1.29 is 45.4 Å². The van der Waals surface area contributed by atoms with Crippen molar-refractivity contribution in [2.24, 2.45) is 5.92 Å². The molecule has 0 radical (unpaired) electrons. The van der Waals surface area contributed by atoms with E-state index < -0.39 is 52.7 Å². The molecule has 0 saturated carbocycles. The van der Waals surface area contributed by atoms with Gasteiger partial charge in [-0.2, -0.15) is 26.3 Å². The number of hydrogen-bond acceptors (Lipinski definition) is 5. The van der Waals surface area contributed by atoms with Crippen LogP contribution in [-0.2, 0) is 19.1 Å². The first-order valence-electron chi connectivity index (χ1n) is 8.13. The fraction of sp³-hybridized carbons (Fsp3) is 0.625. The van der Waals surface area contributed by atoms with Crippen molar-refractivity contribution in [3.05, 3.63) is 22.5 Å². The predicted octanol–water partition coefficient (Wildman–Crippen LogP) is 3.76. The molecule has 0 aliphatic carbocycles. The molecular weight excluding hydrogens is 384 g/mol. The zero-order chi connectivity index (χ0) is 21.0. The number of halogens is 6. The maximum Gasteiger partial charge on any atom is 0.431 e. The number of carbonyl (C=O) groups excluding carboxylic acids is 2. The van der Waals surface area contributed by atoms with E-state index in [1.54, 1.807) is 0 Å². The van der Waals surface area contributed by atoms with Crippen LogP contribution in [0.2, 0.25) is 0 Å². The Morgan fingerprint density at radius 2 is 1.22 bits per heavy atom. The quantitative estimate of drug-likeness (QED) is 0.541. The monoisotopic (exact) mass is 403 g/mol. The van der Waals surface area contributed by atoms with Gasteiger partial charge in [-0.25, -0.2) is 9.59 Å². The van der Waals surface area contributed by atoms with Crippen LogP contribution in [0.25, 0.3) is 0 Å². The summed E-state index contributed by atoms with van der Waals surface area (Å²) in [5.74, 6) is -4.67. The van der Waals surface area contributed by atoms with Gasteiger partial charge in [0.05, 0.1) is 24.4 Å². The van der Waals surface area contributed by atoms with Gasteiger partial charge in [0.2, 0.25) is 0 Å². The van der Waals surface area contributed by atoms with E-state index in [0.717, 1.165) is 0 Å². The highest BCUT2D eigenvalue weighted by Gasteiger charge is 2.52. The Morgan fingerprint density at radius 1 is 0.852 bits per heavy atom. The molecule has 27 heavy (non-hydrogen) atoms. The van der Waals surface area contributed by atoms with Gasteiger partial charge in [-0.15, -0.1) is 0 Å². The summed E-state index contributed by atoms with van der Waals surface area (Å²) in [7, 11) is 0. The maximum absolute atomic E-state index is 13.4. The zero-order valence-electron chi connectivity index (χ0n) is 14.8. The first kappa shape index (κ1) is 22.8. The zero-order valence-corrected chi connectivity index (χ0v) is 14.8. The molecule has 0 bridgehead atoms. The second-order valence-corrected chi connectivity index (χ2v) is 5.48. The Labute approximate surface area is 151 Å². The summed E-state index contributed by atoms with van der Waals surface area (Å²) in [5.41, 5.74) is -5.91. The summed E-state index contributed by atoms with van der Waals surface area (Å²) in [6.45, 7) is 3.57. The Balaban J connectivity index is 3.77. The van der Waals surface area contributed by atoms with Crippen molar-refractivity contribution in [1.29, 1.82) is 0 Å². The van der Waals surface area contributed by atoms with Crippen molar-refractivity contribution in [2.75, 3.05) is 13.2 Å². The smallest absolute Gasteiger partial charge is 0.431 e. The van der Waals surface area contributed by atoms with Crippen LogP contribution in [-0.4, -0.2) is 37.5 Å². The van der Waals surface area contributed by atoms with E-state index in [9.17, 15) is 35.9 Å². The molecule has 1 aliphatic heterocycles. The van der Waals surface area contributed by atoms with E-state index in [4.69, 9.17) is 0 Å². The Kier molecular flexibility index (Phi) is 7.32. The van der Waals surface area contributed by atoms with Crippen molar-refractivity contribution >= 4 is 11.9 Å². The highest BCUT2D eigenvalue weighted by Crippen LogP contribution is 2.43. The summed E-state index contributed by atoms with van der Waals surface area (Å²) in [4.78, 5) is 24.3. The first-order chi connectivity index (χ1) is 12.4. The van der Waals surface area contributed by atoms with Crippen LogP contribution in [0.5, 0.6) is 0 Å². The third kappa shape index (κ3) is 5.16. The molecule has 0 aromatic rings. The number of rotatable bonds is 6. The van der Waals surface area contributed by atoms with Gasteiger partial charge in [0.25, 0.3) is 0 Å². The molecular formula is C16H19F6NO4. The van der Waals surface area contributed by atoms with Crippen LogP contribution < -0.4 is 5.32 Å². The van der Waals surface area contributed by atoms with Gasteiger partial charge in [0, 0.05) is 5.92 Å². The molecule has 0 saturated heterocycles. The molecule has 1 N–H and O–H groups in total. The van der Waals surface area contributed by atoms with Crippen molar-refractivity contribution in [1.82, 2.24) is 5.32 Å². The summed E-state index contributed by atoms with van der Waals surface area (Å²) in [6, 6.07) is 0. The van der Waals surface area contributed by atoms with Gasteiger partial charge in [-0.3, -0.25) is 0 Å². The van der Waals surface area contributed by atoms with Crippen LogP contribution in [0, 0.1) is 5.92 Å². The molecule has 1 rings (SSSR count). The second-order valence-electron chi connectivity index (χ2n) is 5.48. The van der Waals surface area contributed by atoms with Gasteiger partial charge in [-0.05, 0) is 20.3 Å². The summed E-state index contributed by atoms with van der Waals surface area (Å²) < 4.78 is 89.7. The van der Waals surface area contributed by atoms with E-state index in [0.29, 0.717) is 0 Å². The van der Waals surface area contributed by atoms with E-state index in [1.807, 2.05) is 0 Å². The minimum absolute atomic E-state index is 0.104. The fourth-order valence-corrected chi connectivity index (χ4v) is 2.68. The van der Waals surface area contributed by atoms with E-state index >= 15 is 0 Å². The van der Waals surface area contributed by atoms with Crippen LogP contribution in [0.3, 0.4) is 0 Å². The lowest BCUT2D eigenvalue weighted by atomic mass is 9.81. The van der Waals surface area contributed by atoms with Gasteiger partial charge in [0.1, 0.15) is 11.4 Å². The SMILES string of the molecule is CCCC1C(C(=O)OCC)=C(C(F)(F)F)NC(C(F)(F)F)=C1C(=O)OCC. The summed E-state index contributed by atoms with van der Waals surface area (Å²) in [6.07, 6.45) is -10.8. The summed E-state index contributed by atoms with van der Waals surface area (Å²) >= 11 is 0. The topological polar surface area (TPSA) is 64.6 Å². The van der Waals surface area contributed by atoms with Crippen LogP contribution in [0.1, 0.15) is 33.6 Å². The number of nitrogens with one attached hydrogen (secondary N) is 1. The number of carbonyl (C=O) groups is 2. The van der Waals surface area contributed by atoms with Gasteiger partial charge in [-0.1, -0.05) is 13.3 Å². The van der Waals surface area contributed by atoms with E-state index in [1.165, 1.54) is 26.1 Å². The number of allylic oxidation sites excluding steroid dienone is 2. The molecule has 11 heteroatoms. The lowest BCUT2D eigenvalue weighted by Crippen LogP contribution is -2.43. The average Bonchev–Trinajstić information content (AvgIpc) is 2.52. The predicted molar refractivity (Wildman–Crippen MR) is 81.0 cm³/mol. The molecule has 0 unspecified atom stereocenters. The minimum atomic E-state index is -5.30. The second kappa shape index (κ2) is 8.66. The minimum Gasteiger partial charge on any atom is -0.463 e. The number of esters is 2. The molecule has 0 atom stereocenters. The molecule has 0 aromatic heterocycles. The highest BCUT2D eigenvalue weighted by molar-refractivity contribution is 5.98. The molecule has 0 fully saturated rings. The number of alkyl halides is 6. The van der Waals surface area contributed by atoms with Crippen LogP contribution in [0.4, 0.5) is 26.3 Å². The molecule has 5 nitrogen and oxygen atoms in total. The maximum atomic E-state index is 13.4. The van der Waals surface area contributed by atoms with E-state index in [-0.39, 0.29) is 26.1 Å². The molecule has 0 amide bonds. The summed E-state index contributed by atoms with van der Waals surface area (Å²) in [5, 5.41) is 1.21. The van der Waals surface area contributed by atoms with Gasteiger partial charge >= 0.3 is 24.3 Å². The third-order valence-electron chi connectivity index (χ3n) is 3.62. The fourth-order valence-electron chi connectivity index (χ4n) is 2.68. The van der Waals surface area contributed by atoms with E-state index in [2.05, 4.69) is 9.47 Å². The molecule has 0 aromatic carbocycles. The number of ether oxygens (including phenoxy) is 2. The number of hydrogen-bond donors (Lipinski definition) is 1. The third-order valence-corrected chi connectivity index (χ3v) is 3.62. The average molecular weight is 403 g/mol. The Hall–Kier alpha value is -2.20. The van der Waals surface area contributed by atoms with Crippen LogP contribution in [0.15, 0.2) is 22.5 Å². The highest BCUT2D eigenvalue weighted by atomic mass is 19.4. The molecule has 1 aliphatic rings. The van der Waals surface area contributed by atoms with Gasteiger partial charge < -0.3 is 14.8 Å². The molecule has 154 valence electrons. The van der Waals surface area contributed by atoms with Crippen molar-refractivity contribution in [3.63, 3.8) is 0 Å². The molecule has 0 spiro atoms. The Bertz CT molecular complexity index is 596. The van der Waals surface area contributed by atoms with Crippen molar-refractivity contribution in [2.45, 2.75) is 46.0 Å². The number of dihydropyridines is 1.